The number of rotatable bonds is 0. The molecule has 5 heavy (non-hydrogen) atoms. The van der Waals surface area contributed by atoms with Crippen LogP contribution in [0.5, 0.6) is 0 Å². The minimum absolute atomic E-state index is 0.648. The van der Waals surface area contributed by atoms with E-state index in [0.717, 1.165) is 0 Å². The van der Waals surface area contributed by atoms with E-state index in [0.29, 0.717) is 6.98 Å². The van der Waals surface area contributed by atoms with Crippen molar-refractivity contribution < 1.29 is 0 Å². The molecule has 1 aliphatic heterocycles. The van der Waals surface area contributed by atoms with Crippen molar-refractivity contribution in [2.75, 3.05) is 0 Å². The third kappa shape index (κ3) is 1.16. The lowest BCUT2D eigenvalue weighted by molar-refractivity contribution is 2.61. The third-order valence-corrected chi connectivity index (χ3v) is 4.91. The standard InChI is InChI=1S/C2H3PS2/c1-2-5-3-4-1/h1-3H/p+1. The summed E-state index contributed by atoms with van der Waals surface area (Å²) in [4.78, 5) is 0. The summed E-state index contributed by atoms with van der Waals surface area (Å²) >= 11 is 3.88. The van der Waals surface area contributed by atoms with E-state index in [2.05, 4.69) is 10.8 Å². The molecular weight excluding hydrogens is 119 g/mol. The predicted octanol–water partition coefficient (Wildman–Crippen LogP) is 2.18. The summed E-state index contributed by atoms with van der Waals surface area (Å²) in [6.07, 6.45) is 0. The molecule has 0 saturated carbocycles. The molecule has 1 heterocycles. The van der Waals surface area contributed by atoms with Crippen LogP contribution < -0.4 is 0 Å². The van der Waals surface area contributed by atoms with Gasteiger partial charge in [0.25, 0.3) is 0 Å². The molecule has 0 radical (unpaired) electrons. The van der Waals surface area contributed by atoms with Gasteiger partial charge in [-0.3, -0.25) is 0 Å². The highest BCUT2D eigenvalue weighted by Gasteiger charge is 1.96. The molecule has 0 saturated heterocycles. The smallest absolute Gasteiger partial charge is 0.0214 e. The summed E-state index contributed by atoms with van der Waals surface area (Å²) in [6.45, 7) is 0.648. The van der Waals surface area contributed by atoms with Crippen LogP contribution >= 0.6 is 29.7 Å². The number of hydrogen-bond acceptors (Lipinski definition) is 2. The molecule has 0 fully saturated rings. The summed E-state index contributed by atoms with van der Waals surface area (Å²) in [5, 5.41) is 4.31. The topological polar surface area (TPSA) is 0 Å². The van der Waals surface area contributed by atoms with Crippen LogP contribution in [0.2, 0.25) is 0 Å². The quantitative estimate of drug-likeness (QED) is 0.453. The van der Waals surface area contributed by atoms with Gasteiger partial charge in [0.1, 0.15) is 6.98 Å². The first-order valence-corrected chi connectivity index (χ1v) is 5.99. The lowest BCUT2D eigenvalue weighted by Gasteiger charge is -1.57. The Morgan fingerprint density at radius 3 is 2.00 bits per heavy atom. The van der Waals surface area contributed by atoms with Crippen molar-refractivity contribution in [2.24, 2.45) is 0 Å². The van der Waals surface area contributed by atoms with E-state index in [-0.39, 0.29) is 0 Å². The lowest BCUT2D eigenvalue weighted by Crippen LogP contribution is -1.12. The van der Waals surface area contributed by atoms with Gasteiger partial charge in [-0.1, -0.05) is 0 Å². The maximum Gasteiger partial charge on any atom is 0.116 e. The second-order valence-corrected chi connectivity index (χ2v) is 5.86. The van der Waals surface area contributed by atoms with Crippen LogP contribution in [0.25, 0.3) is 0 Å². The fourth-order valence-corrected chi connectivity index (χ4v) is 4.33. The fraction of sp³-hybridized carbons (Fsp3) is 0. The van der Waals surface area contributed by atoms with Crippen LogP contribution in [-0.4, -0.2) is 0 Å². The zero-order valence-electron chi connectivity index (χ0n) is 2.55. The first-order valence-electron chi connectivity index (χ1n) is 1.28. The van der Waals surface area contributed by atoms with Gasteiger partial charge in [-0.2, -0.15) is 0 Å². The minimum Gasteiger partial charge on any atom is 0.0214 e. The molecule has 0 aliphatic carbocycles. The molecule has 0 spiro atoms. The maximum atomic E-state index is 2.15. The van der Waals surface area contributed by atoms with E-state index in [1.165, 1.54) is 0 Å². The normalized spacial score (nSPS) is 20.8. The second-order valence-electron chi connectivity index (χ2n) is 0.641. The molecule has 0 aromatic heterocycles. The van der Waals surface area contributed by atoms with Crippen molar-refractivity contribution >= 4 is 29.7 Å². The second kappa shape index (κ2) is 2.12. The molecular formula is C2H4PS2+. The number of hydrogen-bond donors (Lipinski definition) is 0. The maximum absolute atomic E-state index is 2.15. The zero-order valence-corrected chi connectivity index (χ0v) is 5.34. The Hall–Kier alpha value is 0.870. The highest BCUT2D eigenvalue weighted by atomic mass is 33.1. The summed E-state index contributed by atoms with van der Waals surface area (Å²) in [7, 11) is 0. The Bertz CT molecular complexity index is 45.6. The summed E-state index contributed by atoms with van der Waals surface area (Å²) in [5.41, 5.74) is 0. The zero-order chi connectivity index (χ0) is 3.54. The van der Waals surface area contributed by atoms with Crippen LogP contribution in [0.3, 0.4) is 0 Å². The molecule has 0 amide bonds. The average molecular weight is 123 g/mol. The highest BCUT2D eigenvalue weighted by molar-refractivity contribution is 8.85. The van der Waals surface area contributed by atoms with E-state index >= 15 is 0 Å². The van der Waals surface area contributed by atoms with Crippen molar-refractivity contribution in [3.63, 3.8) is 0 Å². The monoisotopic (exact) mass is 123 g/mol. The Balaban J connectivity index is 2.32. The molecule has 0 aromatic rings. The summed E-state index contributed by atoms with van der Waals surface area (Å²) in [5.74, 6) is 0. The van der Waals surface area contributed by atoms with Crippen molar-refractivity contribution in [3.8, 4) is 0 Å². The largest absolute Gasteiger partial charge is 0.116 e. The first kappa shape index (κ1) is 4.04. The molecule has 1 aliphatic rings. The van der Waals surface area contributed by atoms with Gasteiger partial charge >= 0.3 is 0 Å². The van der Waals surface area contributed by atoms with Crippen LogP contribution in [0.15, 0.2) is 10.8 Å². The molecule has 0 N–H and O–H groups in total. The molecule has 1 rings (SSSR count). The highest BCUT2D eigenvalue weighted by Crippen LogP contribution is 2.49. The van der Waals surface area contributed by atoms with Gasteiger partial charge < -0.3 is 0 Å². The summed E-state index contributed by atoms with van der Waals surface area (Å²) in [6, 6.07) is 0. The van der Waals surface area contributed by atoms with Gasteiger partial charge in [0, 0.05) is 10.8 Å². The van der Waals surface area contributed by atoms with Crippen LogP contribution in [0.4, 0.5) is 0 Å². The van der Waals surface area contributed by atoms with Gasteiger partial charge in [0.05, 0.1) is 22.8 Å². The molecule has 28 valence electrons. The van der Waals surface area contributed by atoms with Crippen molar-refractivity contribution in [1.29, 1.82) is 0 Å². The van der Waals surface area contributed by atoms with E-state index in [4.69, 9.17) is 0 Å². The minimum atomic E-state index is 0.648. The van der Waals surface area contributed by atoms with Gasteiger partial charge in [0.2, 0.25) is 0 Å². The lowest BCUT2D eigenvalue weighted by atomic mass is 11.3. The van der Waals surface area contributed by atoms with Crippen LogP contribution in [0, 0.1) is 0 Å². The van der Waals surface area contributed by atoms with Gasteiger partial charge in [-0.15, -0.1) is 0 Å². The summed E-state index contributed by atoms with van der Waals surface area (Å²) < 4.78 is 0. The Morgan fingerprint density at radius 1 is 1.20 bits per heavy atom. The predicted molar refractivity (Wildman–Crippen MR) is 34.0 cm³/mol. The van der Waals surface area contributed by atoms with Gasteiger partial charge in [0.15, 0.2) is 0 Å². The first-order chi connectivity index (χ1) is 2.50. The Labute approximate surface area is 41.1 Å². The molecule has 3 heteroatoms. The Morgan fingerprint density at radius 2 is 1.80 bits per heavy atom. The molecule has 0 atom stereocenters. The van der Waals surface area contributed by atoms with E-state index in [1.807, 2.05) is 22.8 Å². The molecule has 0 bridgehead atoms. The Kier molecular flexibility index (Phi) is 1.71. The van der Waals surface area contributed by atoms with E-state index < -0.39 is 0 Å². The average Bonchev–Trinajstić information content (AvgIpc) is 1.76. The van der Waals surface area contributed by atoms with Crippen molar-refractivity contribution in [3.05, 3.63) is 10.8 Å². The van der Waals surface area contributed by atoms with E-state index in [9.17, 15) is 0 Å². The fourth-order valence-electron chi connectivity index (χ4n) is 0.160. The van der Waals surface area contributed by atoms with Crippen LogP contribution in [-0.2, 0) is 0 Å². The van der Waals surface area contributed by atoms with Crippen LogP contribution in [0.1, 0.15) is 0 Å². The molecule has 0 nitrogen and oxygen atoms in total. The van der Waals surface area contributed by atoms with Gasteiger partial charge in [-0.05, 0) is 0 Å². The SMILES string of the molecule is C1=CS[PH2+]S1. The van der Waals surface area contributed by atoms with Crippen molar-refractivity contribution in [2.45, 2.75) is 0 Å². The van der Waals surface area contributed by atoms with Gasteiger partial charge in [-0.25, -0.2) is 0 Å². The third-order valence-electron chi connectivity index (χ3n) is 0.324. The van der Waals surface area contributed by atoms with Crippen molar-refractivity contribution in [1.82, 2.24) is 0 Å². The molecule has 0 aromatic carbocycles. The molecule has 0 unspecified atom stereocenters. The van der Waals surface area contributed by atoms with E-state index in [1.54, 1.807) is 0 Å².